The lowest BCUT2D eigenvalue weighted by molar-refractivity contribution is 0.578. The minimum absolute atomic E-state index is 0.436. The summed E-state index contributed by atoms with van der Waals surface area (Å²) in [7, 11) is 0. The molecule has 0 bridgehead atoms. The first-order valence-corrected chi connectivity index (χ1v) is 8.32. The van der Waals surface area contributed by atoms with Gasteiger partial charge in [0.2, 0.25) is 0 Å². The third-order valence-corrected chi connectivity index (χ3v) is 5.01. The summed E-state index contributed by atoms with van der Waals surface area (Å²) >= 11 is 5.44. The summed E-state index contributed by atoms with van der Waals surface area (Å²) in [6.07, 6.45) is 1.17. The fourth-order valence-electron chi connectivity index (χ4n) is 2.05. The zero-order chi connectivity index (χ0) is 13.8. The van der Waals surface area contributed by atoms with E-state index in [0.29, 0.717) is 6.04 Å². The standard InChI is InChI=1S/C16H20BrNS/c1-4-9-18-12(3)15-7-8-16(19-15)14-10-13(17)6-5-11(14)2/h5-8,10,12,18H,4,9H2,1-3H3. The summed E-state index contributed by atoms with van der Waals surface area (Å²) in [4.78, 5) is 2.75. The molecule has 102 valence electrons. The highest BCUT2D eigenvalue weighted by Crippen LogP contribution is 2.34. The predicted molar refractivity (Wildman–Crippen MR) is 88.9 cm³/mol. The number of halogens is 1. The number of thiophene rings is 1. The van der Waals surface area contributed by atoms with Crippen LogP contribution >= 0.6 is 27.3 Å². The van der Waals surface area contributed by atoms with Crippen molar-refractivity contribution in [1.82, 2.24) is 5.32 Å². The molecule has 1 aromatic heterocycles. The van der Waals surface area contributed by atoms with Crippen molar-refractivity contribution in [2.75, 3.05) is 6.54 Å². The van der Waals surface area contributed by atoms with Crippen LogP contribution in [0, 0.1) is 6.92 Å². The lowest BCUT2D eigenvalue weighted by Crippen LogP contribution is -2.18. The van der Waals surface area contributed by atoms with Crippen LogP contribution in [0.1, 0.15) is 36.8 Å². The summed E-state index contributed by atoms with van der Waals surface area (Å²) in [5, 5.41) is 3.54. The molecule has 0 saturated heterocycles. The Morgan fingerprint density at radius 2 is 2.05 bits per heavy atom. The van der Waals surface area contributed by atoms with Crippen LogP contribution in [0.25, 0.3) is 10.4 Å². The molecule has 0 aliphatic carbocycles. The first-order chi connectivity index (χ1) is 9.11. The number of nitrogens with one attached hydrogen (secondary N) is 1. The Labute approximate surface area is 128 Å². The molecule has 19 heavy (non-hydrogen) atoms. The van der Waals surface area contributed by atoms with Crippen LogP contribution in [0.2, 0.25) is 0 Å². The zero-order valence-corrected chi connectivity index (χ0v) is 14.1. The topological polar surface area (TPSA) is 12.0 Å². The molecule has 0 fully saturated rings. The molecule has 0 spiro atoms. The number of aryl methyl sites for hydroxylation is 1. The summed E-state index contributed by atoms with van der Waals surface area (Å²) in [5.74, 6) is 0. The van der Waals surface area contributed by atoms with Gasteiger partial charge >= 0.3 is 0 Å². The number of rotatable bonds is 5. The van der Waals surface area contributed by atoms with Gasteiger partial charge in [-0.1, -0.05) is 28.9 Å². The Bertz CT molecular complexity index is 547. The van der Waals surface area contributed by atoms with Crippen LogP contribution in [-0.4, -0.2) is 6.54 Å². The molecule has 1 aromatic carbocycles. The van der Waals surface area contributed by atoms with E-state index in [9.17, 15) is 0 Å². The fraction of sp³-hybridized carbons (Fsp3) is 0.375. The molecule has 0 amide bonds. The minimum atomic E-state index is 0.436. The SMILES string of the molecule is CCCNC(C)c1ccc(-c2cc(Br)ccc2C)s1. The van der Waals surface area contributed by atoms with Gasteiger partial charge in [0.1, 0.15) is 0 Å². The van der Waals surface area contributed by atoms with E-state index in [1.165, 1.54) is 27.3 Å². The molecular weight excluding hydrogens is 318 g/mol. The molecule has 1 N–H and O–H groups in total. The highest BCUT2D eigenvalue weighted by molar-refractivity contribution is 9.10. The van der Waals surface area contributed by atoms with E-state index in [-0.39, 0.29) is 0 Å². The second kappa shape index (κ2) is 6.69. The molecule has 2 aromatic rings. The highest BCUT2D eigenvalue weighted by Gasteiger charge is 2.10. The van der Waals surface area contributed by atoms with E-state index >= 15 is 0 Å². The normalized spacial score (nSPS) is 12.6. The summed E-state index contributed by atoms with van der Waals surface area (Å²) in [6, 6.07) is 11.4. The Balaban J connectivity index is 2.23. The van der Waals surface area contributed by atoms with Crippen LogP contribution < -0.4 is 5.32 Å². The lowest BCUT2D eigenvalue weighted by Gasteiger charge is -2.10. The average Bonchev–Trinajstić information content (AvgIpc) is 2.88. The summed E-state index contributed by atoms with van der Waals surface area (Å²) in [6.45, 7) is 7.67. The summed E-state index contributed by atoms with van der Waals surface area (Å²) in [5.41, 5.74) is 2.65. The second-order valence-corrected chi connectivity index (χ2v) is 6.87. The van der Waals surface area contributed by atoms with E-state index in [2.05, 4.69) is 72.3 Å². The molecule has 0 saturated carbocycles. The van der Waals surface area contributed by atoms with Gasteiger partial charge in [0.25, 0.3) is 0 Å². The van der Waals surface area contributed by atoms with Crippen LogP contribution in [0.5, 0.6) is 0 Å². The maximum atomic E-state index is 3.56. The van der Waals surface area contributed by atoms with Crippen LogP contribution in [0.3, 0.4) is 0 Å². The third-order valence-electron chi connectivity index (χ3n) is 3.22. The summed E-state index contributed by atoms with van der Waals surface area (Å²) < 4.78 is 1.14. The Morgan fingerprint density at radius 3 is 2.79 bits per heavy atom. The van der Waals surface area contributed by atoms with Gasteiger partial charge in [-0.2, -0.15) is 0 Å². The van der Waals surface area contributed by atoms with Gasteiger partial charge in [-0.15, -0.1) is 11.3 Å². The largest absolute Gasteiger partial charge is 0.309 e. The van der Waals surface area contributed by atoms with Crippen molar-refractivity contribution < 1.29 is 0 Å². The first kappa shape index (κ1) is 14.8. The minimum Gasteiger partial charge on any atom is -0.309 e. The van der Waals surface area contributed by atoms with Crippen LogP contribution in [-0.2, 0) is 0 Å². The van der Waals surface area contributed by atoms with Crippen LogP contribution in [0.15, 0.2) is 34.8 Å². The second-order valence-electron chi connectivity index (χ2n) is 4.84. The Hall–Kier alpha value is -0.640. The van der Waals surface area contributed by atoms with E-state index in [1.807, 2.05) is 11.3 Å². The smallest absolute Gasteiger partial charge is 0.0386 e. The molecule has 0 aliphatic rings. The molecule has 0 radical (unpaired) electrons. The molecule has 1 nitrogen and oxygen atoms in total. The monoisotopic (exact) mass is 337 g/mol. The van der Waals surface area contributed by atoms with Gasteiger partial charge in [-0.25, -0.2) is 0 Å². The number of hydrogen-bond acceptors (Lipinski definition) is 2. The van der Waals surface area contributed by atoms with Crippen molar-refractivity contribution in [2.45, 2.75) is 33.2 Å². The zero-order valence-electron chi connectivity index (χ0n) is 11.7. The van der Waals surface area contributed by atoms with Crippen molar-refractivity contribution >= 4 is 27.3 Å². The van der Waals surface area contributed by atoms with Gasteiger partial charge in [0.15, 0.2) is 0 Å². The molecule has 1 unspecified atom stereocenters. The maximum Gasteiger partial charge on any atom is 0.0386 e. The first-order valence-electron chi connectivity index (χ1n) is 6.71. The van der Waals surface area contributed by atoms with Crippen molar-refractivity contribution in [1.29, 1.82) is 0 Å². The van der Waals surface area contributed by atoms with E-state index in [4.69, 9.17) is 0 Å². The quantitative estimate of drug-likeness (QED) is 0.754. The Kier molecular flexibility index (Phi) is 5.20. The third kappa shape index (κ3) is 3.68. The molecule has 2 rings (SSSR count). The van der Waals surface area contributed by atoms with Crippen molar-refractivity contribution in [3.8, 4) is 10.4 Å². The van der Waals surface area contributed by atoms with Crippen molar-refractivity contribution in [3.63, 3.8) is 0 Å². The number of benzene rings is 1. The average molecular weight is 338 g/mol. The van der Waals surface area contributed by atoms with Gasteiger partial charge in [0.05, 0.1) is 0 Å². The predicted octanol–water partition coefficient (Wildman–Crippen LogP) is 5.55. The van der Waals surface area contributed by atoms with Crippen molar-refractivity contribution in [3.05, 3.63) is 45.2 Å². The van der Waals surface area contributed by atoms with Gasteiger partial charge < -0.3 is 5.32 Å². The molecule has 3 heteroatoms. The van der Waals surface area contributed by atoms with Crippen molar-refractivity contribution in [2.24, 2.45) is 0 Å². The Morgan fingerprint density at radius 1 is 1.26 bits per heavy atom. The molecule has 0 aliphatic heterocycles. The van der Waals surface area contributed by atoms with E-state index < -0.39 is 0 Å². The van der Waals surface area contributed by atoms with Gasteiger partial charge in [-0.05, 0) is 62.2 Å². The van der Waals surface area contributed by atoms with Crippen LogP contribution in [0.4, 0.5) is 0 Å². The van der Waals surface area contributed by atoms with Gasteiger partial charge in [0, 0.05) is 20.3 Å². The molecule has 1 atom stereocenters. The molecule has 1 heterocycles. The number of hydrogen-bond donors (Lipinski definition) is 1. The molecular formula is C16H20BrNS. The highest BCUT2D eigenvalue weighted by atomic mass is 79.9. The van der Waals surface area contributed by atoms with Gasteiger partial charge in [-0.3, -0.25) is 0 Å². The van der Waals surface area contributed by atoms with E-state index in [1.54, 1.807) is 0 Å². The van der Waals surface area contributed by atoms with E-state index in [0.717, 1.165) is 11.0 Å². The maximum absolute atomic E-state index is 3.56. The fourth-order valence-corrected chi connectivity index (χ4v) is 3.53. The lowest BCUT2D eigenvalue weighted by atomic mass is 10.1.